The molecule has 2 rings (SSSR count). The first-order chi connectivity index (χ1) is 9.29. The number of hydrogen-bond donors (Lipinski definition) is 1. The number of aryl methyl sites for hydroxylation is 1. The highest BCUT2D eigenvalue weighted by Gasteiger charge is 2.19. The molecule has 1 saturated carbocycles. The Labute approximate surface area is 118 Å². The van der Waals surface area contributed by atoms with Crippen molar-refractivity contribution in [2.24, 2.45) is 5.92 Å². The summed E-state index contributed by atoms with van der Waals surface area (Å²) < 4.78 is 0. The van der Waals surface area contributed by atoms with E-state index in [-0.39, 0.29) is 0 Å². The Balaban J connectivity index is 2.02. The van der Waals surface area contributed by atoms with Gasteiger partial charge in [0.05, 0.1) is 0 Å². The summed E-state index contributed by atoms with van der Waals surface area (Å²) in [5, 5.41) is 3.65. The lowest BCUT2D eigenvalue weighted by atomic mass is 9.89. The highest BCUT2D eigenvalue weighted by Crippen LogP contribution is 2.31. The van der Waals surface area contributed by atoms with Gasteiger partial charge in [-0.3, -0.25) is 4.98 Å². The molecule has 0 radical (unpaired) electrons. The van der Waals surface area contributed by atoms with Gasteiger partial charge >= 0.3 is 0 Å². The molecule has 1 aliphatic rings. The Bertz CT molecular complexity index is 367. The first-order valence-electron chi connectivity index (χ1n) is 7.94. The quantitative estimate of drug-likeness (QED) is 0.794. The van der Waals surface area contributed by atoms with E-state index in [1.807, 2.05) is 12.4 Å². The number of aromatic nitrogens is 1. The third-order valence-corrected chi connectivity index (χ3v) is 4.29. The van der Waals surface area contributed by atoms with E-state index < -0.39 is 0 Å². The van der Waals surface area contributed by atoms with Crippen molar-refractivity contribution in [3.63, 3.8) is 0 Å². The van der Waals surface area contributed by atoms with Crippen molar-refractivity contribution in [1.82, 2.24) is 10.3 Å². The van der Waals surface area contributed by atoms with Gasteiger partial charge in [0.2, 0.25) is 0 Å². The average Bonchev–Trinajstić information content (AvgIpc) is 2.67. The highest BCUT2D eigenvalue weighted by atomic mass is 14.9. The van der Waals surface area contributed by atoms with Crippen LogP contribution in [0.2, 0.25) is 0 Å². The Kier molecular flexibility index (Phi) is 5.84. The van der Waals surface area contributed by atoms with Crippen molar-refractivity contribution in [3.8, 4) is 0 Å². The van der Waals surface area contributed by atoms with Crippen molar-refractivity contribution >= 4 is 0 Å². The second kappa shape index (κ2) is 7.64. The molecule has 1 aromatic rings. The summed E-state index contributed by atoms with van der Waals surface area (Å²) in [6.45, 7) is 5.36. The third kappa shape index (κ3) is 4.61. The second-order valence-electron chi connectivity index (χ2n) is 6.00. The van der Waals surface area contributed by atoms with Gasteiger partial charge < -0.3 is 5.32 Å². The van der Waals surface area contributed by atoms with Crippen LogP contribution in [0.3, 0.4) is 0 Å². The first-order valence-corrected chi connectivity index (χ1v) is 7.94. The van der Waals surface area contributed by atoms with Crippen molar-refractivity contribution in [2.75, 3.05) is 6.54 Å². The van der Waals surface area contributed by atoms with Crippen LogP contribution in [0, 0.1) is 12.8 Å². The highest BCUT2D eigenvalue weighted by molar-refractivity contribution is 5.20. The van der Waals surface area contributed by atoms with Gasteiger partial charge in [-0.15, -0.1) is 0 Å². The van der Waals surface area contributed by atoms with E-state index in [2.05, 4.69) is 30.2 Å². The van der Waals surface area contributed by atoms with Crippen molar-refractivity contribution in [3.05, 3.63) is 29.6 Å². The van der Waals surface area contributed by atoms with Crippen molar-refractivity contribution < 1.29 is 0 Å². The molecule has 0 amide bonds. The number of nitrogens with one attached hydrogen (secondary N) is 1. The zero-order valence-corrected chi connectivity index (χ0v) is 12.5. The van der Waals surface area contributed by atoms with Gasteiger partial charge in [0.15, 0.2) is 0 Å². The molecule has 2 heteroatoms. The minimum atomic E-state index is 0.487. The van der Waals surface area contributed by atoms with Crippen LogP contribution in [0.4, 0.5) is 0 Å². The van der Waals surface area contributed by atoms with Crippen molar-refractivity contribution in [1.29, 1.82) is 0 Å². The summed E-state index contributed by atoms with van der Waals surface area (Å²) in [6, 6.07) is 2.78. The minimum Gasteiger partial charge on any atom is -0.310 e. The van der Waals surface area contributed by atoms with E-state index in [1.165, 1.54) is 56.1 Å². The van der Waals surface area contributed by atoms with Crippen LogP contribution < -0.4 is 5.32 Å². The van der Waals surface area contributed by atoms with Crippen LogP contribution in [-0.4, -0.2) is 11.5 Å². The fraction of sp³-hybridized carbons (Fsp3) is 0.706. The van der Waals surface area contributed by atoms with Gasteiger partial charge in [-0.25, -0.2) is 0 Å². The zero-order chi connectivity index (χ0) is 13.5. The monoisotopic (exact) mass is 260 g/mol. The predicted molar refractivity (Wildman–Crippen MR) is 81.2 cm³/mol. The molecule has 1 aromatic heterocycles. The van der Waals surface area contributed by atoms with Crippen LogP contribution in [0.1, 0.15) is 69.0 Å². The Morgan fingerprint density at radius 2 is 1.95 bits per heavy atom. The number of nitrogens with zero attached hydrogens (tertiary/aromatic N) is 1. The predicted octanol–water partition coefficient (Wildman–Crippen LogP) is 4.40. The molecule has 1 N–H and O–H groups in total. The van der Waals surface area contributed by atoms with Gasteiger partial charge in [-0.1, -0.05) is 51.5 Å². The molecule has 106 valence electrons. The normalized spacial score (nSPS) is 19.1. The zero-order valence-electron chi connectivity index (χ0n) is 12.5. The minimum absolute atomic E-state index is 0.487. The molecule has 0 aromatic carbocycles. The Morgan fingerprint density at radius 3 is 2.58 bits per heavy atom. The Hall–Kier alpha value is -0.890. The summed E-state index contributed by atoms with van der Waals surface area (Å²) in [5.41, 5.74) is 2.63. The lowest BCUT2D eigenvalue weighted by Gasteiger charge is -2.23. The molecule has 1 aliphatic carbocycles. The summed E-state index contributed by atoms with van der Waals surface area (Å²) in [4.78, 5) is 4.36. The average molecular weight is 260 g/mol. The van der Waals surface area contributed by atoms with E-state index in [0.717, 1.165) is 12.5 Å². The van der Waals surface area contributed by atoms with Gasteiger partial charge in [-0.2, -0.15) is 0 Å². The molecule has 2 nitrogen and oxygen atoms in total. The van der Waals surface area contributed by atoms with Crippen LogP contribution in [-0.2, 0) is 0 Å². The molecular formula is C17H28N2. The van der Waals surface area contributed by atoms with Gasteiger partial charge in [-0.05, 0) is 36.9 Å². The van der Waals surface area contributed by atoms with E-state index in [1.54, 1.807) is 0 Å². The summed E-state index contributed by atoms with van der Waals surface area (Å²) in [7, 11) is 0. The molecule has 1 heterocycles. The molecule has 1 unspecified atom stereocenters. The van der Waals surface area contributed by atoms with Crippen LogP contribution in [0.25, 0.3) is 0 Å². The fourth-order valence-electron chi connectivity index (χ4n) is 3.29. The number of rotatable bonds is 5. The summed E-state index contributed by atoms with van der Waals surface area (Å²) >= 11 is 0. The van der Waals surface area contributed by atoms with Gasteiger partial charge in [0.25, 0.3) is 0 Å². The summed E-state index contributed by atoms with van der Waals surface area (Å²) in [6.07, 6.45) is 13.8. The summed E-state index contributed by atoms with van der Waals surface area (Å²) in [5.74, 6) is 0.895. The van der Waals surface area contributed by atoms with Crippen molar-refractivity contribution in [2.45, 2.75) is 64.8 Å². The molecule has 0 saturated heterocycles. The van der Waals surface area contributed by atoms with Gasteiger partial charge in [0.1, 0.15) is 0 Å². The molecule has 19 heavy (non-hydrogen) atoms. The largest absolute Gasteiger partial charge is 0.310 e. The maximum atomic E-state index is 4.36. The van der Waals surface area contributed by atoms with E-state index >= 15 is 0 Å². The van der Waals surface area contributed by atoms with E-state index in [4.69, 9.17) is 0 Å². The Morgan fingerprint density at radius 1 is 1.21 bits per heavy atom. The maximum Gasteiger partial charge on any atom is 0.0338 e. The topological polar surface area (TPSA) is 24.9 Å². The molecule has 0 aliphatic heterocycles. The smallest absolute Gasteiger partial charge is 0.0338 e. The molecular weight excluding hydrogens is 232 g/mol. The lowest BCUT2D eigenvalue weighted by Crippen LogP contribution is -2.23. The lowest BCUT2D eigenvalue weighted by molar-refractivity contribution is 0.359. The maximum absolute atomic E-state index is 4.36. The first kappa shape index (κ1) is 14.5. The second-order valence-corrected chi connectivity index (χ2v) is 6.00. The fourth-order valence-corrected chi connectivity index (χ4v) is 3.29. The van der Waals surface area contributed by atoms with Crippen LogP contribution >= 0.6 is 0 Å². The molecule has 0 bridgehead atoms. The van der Waals surface area contributed by atoms with E-state index in [0.29, 0.717) is 6.04 Å². The number of hydrogen-bond acceptors (Lipinski definition) is 2. The molecule has 1 atom stereocenters. The van der Waals surface area contributed by atoms with E-state index in [9.17, 15) is 0 Å². The number of pyridine rings is 1. The molecule has 0 spiro atoms. The molecule has 1 fully saturated rings. The van der Waals surface area contributed by atoms with Crippen LogP contribution in [0.15, 0.2) is 18.5 Å². The third-order valence-electron chi connectivity index (χ3n) is 4.29. The van der Waals surface area contributed by atoms with Crippen LogP contribution in [0.5, 0.6) is 0 Å². The standard InChI is InChI=1S/C17H28N2/c1-3-19-17(16-10-14(2)12-18-13-16)11-15-8-6-4-5-7-9-15/h10,12-13,15,17,19H,3-9,11H2,1-2H3. The van der Waals surface area contributed by atoms with Gasteiger partial charge in [0, 0.05) is 18.4 Å². The SMILES string of the molecule is CCNC(CC1CCCCCC1)c1cncc(C)c1.